The van der Waals surface area contributed by atoms with Gasteiger partial charge in [-0.1, -0.05) is 0 Å². The molecule has 0 unspecified atom stereocenters. The van der Waals surface area contributed by atoms with Crippen molar-refractivity contribution in [3.8, 4) is 0 Å². The summed E-state index contributed by atoms with van der Waals surface area (Å²) in [6, 6.07) is 0. The van der Waals surface area contributed by atoms with Crippen molar-refractivity contribution in [3.05, 3.63) is 0 Å². The van der Waals surface area contributed by atoms with Crippen LogP contribution in [0.2, 0.25) is 0 Å². The molecule has 0 heterocycles. The van der Waals surface area contributed by atoms with Gasteiger partial charge in [0.1, 0.15) is 0 Å². The number of aliphatic hydroxyl groups is 1. The molecular formula is C4H16N6O. The Kier molecular flexibility index (Phi) is 3.32. The summed E-state index contributed by atoms with van der Waals surface area (Å²) in [4.78, 5) is 0. The van der Waals surface area contributed by atoms with E-state index in [-0.39, 0.29) is 0 Å². The summed E-state index contributed by atoms with van der Waals surface area (Å²) in [7, 11) is 4.35. The van der Waals surface area contributed by atoms with Crippen molar-refractivity contribution in [3.63, 3.8) is 0 Å². The quantitative estimate of drug-likeness (QED) is 0.200. The van der Waals surface area contributed by atoms with E-state index in [4.69, 9.17) is 17.5 Å². The summed E-state index contributed by atoms with van der Waals surface area (Å²) in [5.41, 5.74) is 0. The Bertz CT molecular complexity index is 102. The zero-order valence-electron chi connectivity index (χ0n) is 7.02. The smallest absolute Gasteiger partial charge is 0.277 e. The molecule has 0 rings (SSSR count). The lowest BCUT2D eigenvalue weighted by Crippen LogP contribution is -2.72. The Morgan fingerprint density at radius 3 is 1.09 bits per heavy atom. The predicted octanol–water partition coefficient (Wildman–Crippen LogP) is -2.99. The first-order valence-electron chi connectivity index (χ1n) is 3.01. The molecule has 7 nitrogen and oxygen atoms in total. The van der Waals surface area contributed by atoms with Crippen LogP contribution in [0.25, 0.3) is 0 Å². The van der Waals surface area contributed by atoms with Crippen molar-refractivity contribution < 1.29 is 5.11 Å². The van der Waals surface area contributed by atoms with E-state index in [1.807, 2.05) is 0 Å². The number of rotatable bonds is 3. The molecule has 0 aromatic heterocycles. The number of nitrogens with two attached hydrogens (primary N) is 3. The zero-order chi connectivity index (χ0) is 9.23. The van der Waals surface area contributed by atoms with Gasteiger partial charge in [0.2, 0.25) is 0 Å². The molecule has 0 aliphatic rings. The zero-order valence-corrected chi connectivity index (χ0v) is 7.02. The molecule has 0 aliphatic heterocycles. The molecule has 0 aliphatic carbocycles. The van der Waals surface area contributed by atoms with Crippen LogP contribution >= 0.6 is 0 Å². The fraction of sp³-hybridized carbons (Fsp3) is 1.00. The predicted molar refractivity (Wildman–Crippen MR) is 40.8 cm³/mol. The van der Waals surface area contributed by atoms with E-state index in [0.717, 1.165) is 15.0 Å². The highest BCUT2D eigenvalue weighted by molar-refractivity contribution is 4.63. The van der Waals surface area contributed by atoms with Crippen LogP contribution in [-0.4, -0.2) is 47.2 Å². The van der Waals surface area contributed by atoms with Gasteiger partial charge in [0.05, 0.1) is 0 Å². The maximum atomic E-state index is 9.65. The van der Waals surface area contributed by atoms with Gasteiger partial charge < -0.3 is 5.11 Å². The Morgan fingerprint density at radius 2 is 1.09 bits per heavy atom. The average Bonchev–Trinajstić information content (AvgIpc) is 1.84. The van der Waals surface area contributed by atoms with Crippen LogP contribution in [0, 0.1) is 0 Å². The molecule has 0 saturated carbocycles. The molecule has 0 spiro atoms. The first kappa shape index (κ1) is 10.7. The van der Waals surface area contributed by atoms with Crippen molar-refractivity contribution >= 4 is 0 Å². The first-order valence-corrected chi connectivity index (χ1v) is 3.01. The van der Waals surface area contributed by atoms with Gasteiger partial charge in [-0.25, -0.2) is 0 Å². The van der Waals surface area contributed by atoms with E-state index >= 15 is 0 Å². The molecule has 0 bridgehead atoms. The molecule has 0 aromatic rings. The standard InChI is InChI=1S/C4H16N6O/c1-8(5)4(11,9(2)6)10(3)7/h11H,5-7H2,1-3H3. The van der Waals surface area contributed by atoms with Crippen molar-refractivity contribution in [2.45, 2.75) is 5.97 Å². The third-order valence-corrected chi connectivity index (χ3v) is 1.42. The van der Waals surface area contributed by atoms with Gasteiger partial charge in [0.25, 0.3) is 5.97 Å². The fourth-order valence-corrected chi connectivity index (χ4v) is 0.746. The van der Waals surface area contributed by atoms with Crippen molar-refractivity contribution in [1.82, 2.24) is 15.0 Å². The van der Waals surface area contributed by atoms with E-state index in [1.54, 1.807) is 0 Å². The summed E-state index contributed by atoms with van der Waals surface area (Å²) in [5.74, 6) is 14.3. The van der Waals surface area contributed by atoms with Gasteiger partial charge in [-0.05, 0) is 0 Å². The molecule has 0 amide bonds. The summed E-state index contributed by atoms with van der Waals surface area (Å²) in [5, 5.41) is 12.6. The van der Waals surface area contributed by atoms with Gasteiger partial charge in [-0.2, -0.15) is 15.0 Å². The average molecular weight is 164 g/mol. The van der Waals surface area contributed by atoms with Gasteiger partial charge in [0, 0.05) is 21.1 Å². The molecule has 7 N–H and O–H groups in total. The van der Waals surface area contributed by atoms with Crippen LogP contribution in [0.15, 0.2) is 0 Å². The minimum Gasteiger partial charge on any atom is -0.347 e. The summed E-state index contributed by atoms with van der Waals surface area (Å²) < 4.78 is 0. The van der Waals surface area contributed by atoms with Gasteiger partial charge in [0.15, 0.2) is 0 Å². The highest BCUT2D eigenvalue weighted by atomic mass is 16.4. The first-order chi connectivity index (χ1) is 4.83. The molecule has 0 atom stereocenters. The van der Waals surface area contributed by atoms with Crippen LogP contribution in [0.5, 0.6) is 0 Å². The number of nitrogens with zero attached hydrogens (tertiary/aromatic N) is 3. The summed E-state index contributed by atoms with van der Waals surface area (Å²) >= 11 is 0. The van der Waals surface area contributed by atoms with E-state index in [0.29, 0.717) is 0 Å². The molecule has 7 heteroatoms. The van der Waals surface area contributed by atoms with E-state index in [9.17, 15) is 5.11 Å². The second kappa shape index (κ2) is 3.41. The topological polar surface area (TPSA) is 108 Å². The van der Waals surface area contributed by atoms with Crippen molar-refractivity contribution in [2.75, 3.05) is 21.1 Å². The summed E-state index contributed by atoms with van der Waals surface area (Å²) in [6.07, 6.45) is 0. The van der Waals surface area contributed by atoms with Crippen LogP contribution in [0.1, 0.15) is 0 Å². The Morgan fingerprint density at radius 1 is 0.909 bits per heavy atom. The monoisotopic (exact) mass is 164 g/mol. The van der Waals surface area contributed by atoms with E-state index in [2.05, 4.69) is 0 Å². The lowest BCUT2D eigenvalue weighted by atomic mass is 10.6. The minimum absolute atomic E-state index is 0.993. The van der Waals surface area contributed by atoms with Gasteiger partial charge >= 0.3 is 0 Å². The van der Waals surface area contributed by atoms with E-state index in [1.165, 1.54) is 21.1 Å². The Labute approximate surface area is 65.8 Å². The number of hydrazine groups is 3. The van der Waals surface area contributed by atoms with Crippen molar-refractivity contribution in [2.24, 2.45) is 17.5 Å². The Hall–Kier alpha value is -0.280. The third-order valence-electron chi connectivity index (χ3n) is 1.42. The Balaban J connectivity index is 4.53. The fourth-order valence-electron chi connectivity index (χ4n) is 0.746. The lowest BCUT2D eigenvalue weighted by Gasteiger charge is -2.42. The van der Waals surface area contributed by atoms with Crippen LogP contribution in [-0.2, 0) is 0 Å². The third kappa shape index (κ3) is 1.84. The SMILES string of the molecule is CN(N)C(O)(N(C)N)N(C)N. The molecule has 0 aromatic carbocycles. The lowest BCUT2D eigenvalue weighted by molar-refractivity contribution is -0.291. The second-order valence-corrected chi connectivity index (χ2v) is 2.43. The van der Waals surface area contributed by atoms with Gasteiger partial charge in [-0.15, -0.1) is 0 Å². The normalized spacial score (nSPS) is 13.6. The maximum absolute atomic E-state index is 9.65. The molecular weight excluding hydrogens is 148 g/mol. The van der Waals surface area contributed by atoms with Crippen LogP contribution in [0.4, 0.5) is 0 Å². The highest BCUT2D eigenvalue weighted by Gasteiger charge is 2.37. The maximum Gasteiger partial charge on any atom is 0.277 e. The van der Waals surface area contributed by atoms with E-state index < -0.39 is 5.97 Å². The minimum atomic E-state index is -1.67. The molecule has 0 fully saturated rings. The van der Waals surface area contributed by atoms with Gasteiger partial charge in [-0.3, -0.25) is 17.5 Å². The molecule has 11 heavy (non-hydrogen) atoms. The summed E-state index contributed by atoms with van der Waals surface area (Å²) in [6.45, 7) is 0. The molecule has 0 radical (unpaired) electrons. The second-order valence-electron chi connectivity index (χ2n) is 2.43. The number of hydrogen-bond acceptors (Lipinski definition) is 7. The molecule has 68 valence electrons. The van der Waals surface area contributed by atoms with Crippen LogP contribution in [0.3, 0.4) is 0 Å². The molecule has 0 saturated heterocycles. The largest absolute Gasteiger partial charge is 0.347 e. The number of hydrogen-bond donors (Lipinski definition) is 4. The van der Waals surface area contributed by atoms with Crippen LogP contribution < -0.4 is 17.5 Å². The highest BCUT2D eigenvalue weighted by Crippen LogP contribution is 2.07. The van der Waals surface area contributed by atoms with Crippen molar-refractivity contribution in [1.29, 1.82) is 0 Å².